The van der Waals surface area contributed by atoms with E-state index in [1.54, 1.807) is 23.1 Å². The molecule has 0 amide bonds. The van der Waals surface area contributed by atoms with Crippen molar-refractivity contribution in [1.29, 1.82) is 0 Å². The number of thiazole rings is 1. The molecule has 0 bridgehead atoms. The summed E-state index contributed by atoms with van der Waals surface area (Å²) in [5, 5.41) is 5.60. The van der Waals surface area contributed by atoms with Gasteiger partial charge in [0.05, 0.1) is 20.9 Å². The van der Waals surface area contributed by atoms with E-state index in [2.05, 4.69) is 52.8 Å². The van der Waals surface area contributed by atoms with Crippen molar-refractivity contribution in [2.24, 2.45) is 0 Å². The lowest BCUT2D eigenvalue weighted by molar-refractivity contribution is 1.44. The van der Waals surface area contributed by atoms with E-state index < -0.39 is 0 Å². The highest BCUT2D eigenvalue weighted by atomic mass is 32.2. The molecule has 0 fully saturated rings. The van der Waals surface area contributed by atoms with Gasteiger partial charge in [0.15, 0.2) is 0 Å². The lowest BCUT2D eigenvalue weighted by atomic mass is 10.3. The number of hydrogen-bond donors (Lipinski definition) is 1. The molecule has 2 aromatic carbocycles. The van der Waals surface area contributed by atoms with Crippen LogP contribution in [0, 0.1) is 0 Å². The van der Waals surface area contributed by atoms with Crippen molar-refractivity contribution in [1.82, 2.24) is 4.98 Å². The van der Waals surface area contributed by atoms with Crippen LogP contribution in [0.2, 0.25) is 0 Å². The van der Waals surface area contributed by atoms with Crippen molar-refractivity contribution in [2.75, 3.05) is 5.32 Å². The van der Waals surface area contributed by atoms with Crippen LogP contribution in [0.15, 0.2) is 58.5 Å². The van der Waals surface area contributed by atoms with E-state index in [9.17, 15) is 0 Å². The zero-order valence-corrected chi connectivity index (χ0v) is 11.6. The second kappa shape index (κ2) is 4.40. The normalized spacial score (nSPS) is 15.7. The van der Waals surface area contributed by atoms with Crippen molar-refractivity contribution >= 4 is 45.1 Å². The van der Waals surface area contributed by atoms with Crippen LogP contribution < -0.4 is 5.32 Å². The maximum Gasteiger partial charge on any atom is 0.119 e. The van der Waals surface area contributed by atoms with Gasteiger partial charge in [0.25, 0.3) is 0 Å². The van der Waals surface area contributed by atoms with Gasteiger partial charge in [0, 0.05) is 11.0 Å². The molecule has 92 valence electrons. The molecule has 0 aliphatic carbocycles. The monoisotopic (exact) mass is 282 g/mol. The van der Waals surface area contributed by atoms with Crippen LogP contribution in [0.25, 0.3) is 16.3 Å². The quantitative estimate of drug-likeness (QED) is 0.693. The predicted octanol–water partition coefficient (Wildman–Crippen LogP) is 4.81. The number of anilines is 1. The summed E-state index contributed by atoms with van der Waals surface area (Å²) in [6.45, 7) is 0. The van der Waals surface area contributed by atoms with Crippen molar-refractivity contribution in [2.45, 2.75) is 4.90 Å². The minimum Gasteiger partial charge on any atom is -0.349 e. The first kappa shape index (κ1) is 11.1. The zero-order valence-electron chi connectivity index (χ0n) is 9.96. The highest BCUT2D eigenvalue weighted by molar-refractivity contribution is 8.03. The molecule has 1 aliphatic rings. The summed E-state index contributed by atoms with van der Waals surface area (Å²) in [6.07, 6.45) is 2.12. The number of aromatic nitrogens is 1. The van der Waals surface area contributed by atoms with Gasteiger partial charge in [0.1, 0.15) is 5.01 Å². The Kier molecular flexibility index (Phi) is 2.57. The van der Waals surface area contributed by atoms with Gasteiger partial charge in [-0.15, -0.1) is 11.3 Å². The van der Waals surface area contributed by atoms with E-state index in [4.69, 9.17) is 0 Å². The van der Waals surface area contributed by atoms with E-state index in [1.165, 1.54) is 15.3 Å². The number of rotatable bonds is 1. The number of fused-ring (bicyclic) bond motifs is 2. The number of nitrogens with zero attached hydrogens (tertiary/aromatic N) is 1. The molecule has 1 aliphatic heterocycles. The Bertz CT molecular complexity index is 729. The molecule has 1 N–H and O–H groups in total. The third-order valence-corrected chi connectivity index (χ3v) is 4.93. The fourth-order valence-corrected chi connectivity index (χ4v) is 3.99. The van der Waals surface area contributed by atoms with Crippen molar-refractivity contribution < 1.29 is 0 Å². The molecule has 19 heavy (non-hydrogen) atoms. The molecule has 0 atom stereocenters. The van der Waals surface area contributed by atoms with Gasteiger partial charge in [-0.2, -0.15) is 0 Å². The molecule has 0 spiro atoms. The Hall–Kier alpha value is -1.78. The average molecular weight is 282 g/mol. The summed E-state index contributed by atoms with van der Waals surface area (Å²) in [7, 11) is 0. The minimum atomic E-state index is 1.05. The second-order valence-electron chi connectivity index (χ2n) is 4.25. The lowest BCUT2D eigenvalue weighted by Gasteiger charge is -1.95. The first-order chi connectivity index (χ1) is 9.38. The van der Waals surface area contributed by atoms with Gasteiger partial charge in [0.2, 0.25) is 0 Å². The Morgan fingerprint density at radius 3 is 2.74 bits per heavy atom. The molecule has 0 unspecified atom stereocenters. The summed E-state index contributed by atoms with van der Waals surface area (Å²) < 4.78 is 1.23. The van der Waals surface area contributed by atoms with Crippen LogP contribution in [-0.4, -0.2) is 4.98 Å². The van der Waals surface area contributed by atoms with Crippen LogP contribution >= 0.6 is 23.1 Å². The summed E-state index contributed by atoms with van der Waals surface area (Å²) >= 11 is 3.48. The molecule has 4 heteroatoms. The lowest BCUT2D eigenvalue weighted by Crippen LogP contribution is -1.87. The molecule has 3 aromatic rings. The molecule has 0 saturated carbocycles. The van der Waals surface area contributed by atoms with Crippen LogP contribution in [0.3, 0.4) is 0 Å². The molecule has 2 nitrogen and oxygen atoms in total. The average Bonchev–Trinajstić information content (AvgIpc) is 3.00. The van der Waals surface area contributed by atoms with Crippen LogP contribution in [0.1, 0.15) is 5.01 Å². The third-order valence-electron chi connectivity index (χ3n) is 2.93. The second-order valence-corrected chi connectivity index (χ2v) is 6.40. The highest BCUT2D eigenvalue weighted by Crippen LogP contribution is 2.41. The number of nitrogens with one attached hydrogen (secondary N) is 1. The predicted molar refractivity (Wildman–Crippen MR) is 83.5 cm³/mol. The van der Waals surface area contributed by atoms with Gasteiger partial charge in [-0.1, -0.05) is 36.0 Å². The largest absolute Gasteiger partial charge is 0.349 e. The molecular formula is C15H10N2S2. The van der Waals surface area contributed by atoms with E-state index in [-0.39, 0.29) is 0 Å². The van der Waals surface area contributed by atoms with E-state index in [1.807, 2.05) is 12.1 Å². The number of thioether (sulfide) groups is 1. The summed E-state index contributed by atoms with van der Waals surface area (Å²) in [6, 6.07) is 16.6. The Labute approximate surface area is 119 Å². The van der Waals surface area contributed by atoms with E-state index in [0.29, 0.717) is 0 Å². The number of para-hydroxylation sites is 2. The summed E-state index contributed by atoms with van der Waals surface area (Å²) in [4.78, 5) is 5.90. The smallest absolute Gasteiger partial charge is 0.119 e. The van der Waals surface area contributed by atoms with Crippen molar-refractivity contribution in [3.8, 4) is 0 Å². The van der Waals surface area contributed by atoms with Crippen LogP contribution in [-0.2, 0) is 0 Å². The summed E-state index contributed by atoms with van der Waals surface area (Å²) in [5.41, 5.74) is 2.25. The molecule has 2 heterocycles. The fourth-order valence-electron chi connectivity index (χ4n) is 2.07. The number of hydrogen-bond acceptors (Lipinski definition) is 4. The fraction of sp³-hybridized carbons (Fsp3) is 0. The van der Waals surface area contributed by atoms with Crippen LogP contribution in [0.4, 0.5) is 5.69 Å². The topological polar surface area (TPSA) is 24.9 Å². The van der Waals surface area contributed by atoms with Crippen LogP contribution in [0.5, 0.6) is 0 Å². The molecule has 4 rings (SSSR count). The molecular weight excluding hydrogens is 272 g/mol. The SMILES string of the molecule is C(=C1Nc2ccccc2S1)c1nc2ccccc2s1. The number of benzene rings is 2. The standard InChI is InChI=1S/C15H10N2S2/c1-3-7-12-10(5-1)16-14(18-12)9-15-17-11-6-2-4-8-13(11)19-15/h1-9,16H. The molecule has 1 aromatic heterocycles. The molecule has 0 saturated heterocycles. The Morgan fingerprint density at radius 2 is 1.84 bits per heavy atom. The summed E-state index contributed by atoms with van der Waals surface area (Å²) in [5.74, 6) is 0. The van der Waals surface area contributed by atoms with Gasteiger partial charge in [-0.25, -0.2) is 4.98 Å². The van der Waals surface area contributed by atoms with Gasteiger partial charge < -0.3 is 5.32 Å². The Balaban J connectivity index is 1.70. The Morgan fingerprint density at radius 1 is 1.00 bits per heavy atom. The maximum atomic E-state index is 4.63. The maximum absolute atomic E-state index is 4.63. The molecule has 0 radical (unpaired) electrons. The third kappa shape index (κ3) is 2.03. The van der Waals surface area contributed by atoms with E-state index in [0.717, 1.165) is 15.6 Å². The van der Waals surface area contributed by atoms with Crippen molar-refractivity contribution in [3.63, 3.8) is 0 Å². The van der Waals surface area contributed by atoms with E-state index >= 15 is 0 Å². The highest BCUT2D eigenvalue weighted by Gasteiger charge is 2.15. The van der Waals surface area contributed by atoms with Crippen molar-refractivity contribution in [3.05, 3.63) is 58.6 Å². The zero-order chi connectivity index (χ0) is 12.7. The minimum absolute atomic E-state index is 1.05. The van der Waals surface area contributed by atoms with Gasteiger partial charge >= 0.3 is 0 Å². The first-order valence-electron chi connectivity index (χ1n) is 6.00. The van der Waals surface area contributed by atoms with Gasteiger partial charge in [-0.05, 0) is 24.3 Å². The first-order valence-corrected chi connectivity index (χ1v) is 7.63. The van der Waals surface area contributed by atoms with Gasteiger partial charge in [-0.3, -0.25) is 0 Å².